The van der Waals surface area contributed by atoms with Gasteiger partial charge in [0.05, 0.1) is 23.8 Å². The van der Waals surface area contributed by atoms with Gasteiger partial charge >= 0.3 is 5.97 Å². The van der Waals surface area contributed by atoms with E-state index in [1.165, 1.54) is 5.56 Å². The Kier molecular flexibility index (Phi) is 5.19. The Labute approximate surface area is 146 Å². The first kappa shape index (κ1) is 17.0. The third kappa shape index (κ3) is 3.61. The summed E-state index contributed by atoms with van der Waals surface area (Å²) in [7, 11) is 0. The van der Waals surface area contributed by atoms with Crippen LogP contribution in [0.3, 0.4) is 0 Å². The molecule has 1 heterocycles. The molecule has 1 atom stereocenters. The van der Waals surface area contributed by atoms with Crippen molar-refractivity contribution in [3.63, 3.8) is 0 Å². The smallest absolute Gasteiger partial charge is 0.337 e. The van der Waals surface area contributed by atoms with Crippen LogP contribution in [0.15, 0.2) is 42.5 Å². The SMILES string of the molecule is C[C@@H](c1ccc(-c2ccc(Cl)c(C(=O)O)c2)cc1)N1CCOCC1. The fourth-order valence-electron chi connectivity index (χ4n) is 3.00. The predicted molar refractivity (Wildman–Crippen MR) is 94.7 cm³/mol. The first-order valence-electron chi connectivity index (χ1n) is 8.01. The van der Waals surface area contributed by atoms with Crippen LogP contribution in [0.2, 0.25) is 5.02 Å². The average Bonchev–Trinajstić information content (AvgIpc) is 2.62. The number of nitrogens with zero attached hydrogens (tertiary/aromatic N) is 1. The number of hydrogen-bond donors (Lipinski definition) is 1. The molecule has 1 saturated heterocycles. The van der Waals surface area contributed by atoms with Gasteiger partial charge in [0.25, 0.3) is 0 Å². The van der Waals surface area contributed by atoms with E-state index >= 15 is 0 Å². The second kappa shape index (κ2) is 7.34. The molecule has 0 bridgehead atoms. The minimum Gasteiger partial charge on any atom is -0.478 e. The highest BCUT2D eigenvalue weighted by Crippen LogP contribution is 2.28. The Morgan fingerprint density at radius 2 is 1.75 bits per heavy atom. The van der Waals surface area contributed by atoms with Crippen molar-refractivity contribution in [3.05, 3.63) is 58.6 Å². The summed E-state index contributed by atoms with van der Waals surface area (Å²) >= 11 is 5.93. The number of hydrogen-bond acceptors (Lipinski definition) is 3. The van der Waals surface area contributed by atoms with Gasteiger partial charge in [0.1, 0.15) is 0 Å². The second-order valence-electron chi connectivity index (χ2n) is 5.95. The topological polar surface area (TPSA) is 49.8 Å². The molecule has 0 saturated carbocycles. The van der Waals surface area contributed by atoms with E-state index in [4.69, 9.17) is 16.3 Å². The molecule has 0 unspecified atom stereocenters. The van der Waals surface area contributed by atoms with E-state index in [-0.39, 0.29) is 10.6 Å². The highest BCUT2D eigenvalue weighted by Gasteiger charge is 2.18. The van der Waals surface area contributed by atoms with Crippen LogP contribution in [0, 0.1) is 0 Å². The van der Waals surface area contributed by atoms with Crippen LogP contribution in [0.25, 0.3) is 11.1 Å². The molecule has 1 fully saturated rings. The lowest BCUT2D eigenvalue weighted by Crippen LogP contribution is -2.37. The molecule has 1 aliphatic rings. The van der Waals surface area contributed by atoms with Crippen molar-refractivity contribution in [2.75, 3.05) is 26.3 Å². The van der Waals surface area contributed by atoms with E-state index < -0.39 is 5.97 Å². The fourth-order valence-corrected chi connectivity index (χ4v) is 3.20. The standard InChI is InChI=1S/C19H20ClNO3/c1-13(21-8-10-24-11-9-21)14-2-4-15(5-3-14)16-6-7-18(20)17(12-16)19(22)23/h2-7,12-13H,8-11H2,1H3,(H,22,23)/t13-/m0/s1. The van der Waals surface area contributed by atoms with Gasteiger partial charge in [-0.25, -0.2) is 4.79 Å². The molecule has 2 aromatic rings. The number of ether oxygens (including phenoxy) is 1. The van der Waals surface area contributed by atoms with Gasteiger partial charge in [-0.15, -0.1) is 0 Å². The Hall–Kier alpha value is -1.88. The van der Waals surface area contributed by atoms with Crippen LogP contribution in [0.4, 0.5) is 0 Å². The first-order valence-corrected chi connectivity index (χ1v) is 8.39. The number of morpholine rings is 1. The predicted octanol–water partition coefficient (Wildman–Crippen LogP) is 4.10. The Morgan fingerprint density at radius 1 is 1.12 bits per heavy atom. The minimum absolute atomic E-state index is 0.125. The molecule has 0 amide bonds. The van der Waals surface area contributed by atoms with Crippen molar-refractivity contribution in [3.8, 4) is 11.1 Å². The molecule has 1 aliphatic heterocycles. The molecule has 126 valence electrons. The maximum Gasteiger partial charge on any atom is 0.337 e. The quantitative estimate of drug-likeness (QED) is 0.906. The number of aromatic carboxylic acids is 1. The van der Waals surface area contributed by atoms with E-state index in [1.54, 1.807) is 12.1 Å². The van der Waals surface area contributed by atoms with Gasteiger partial charge in [-0.2, -0.15) is 0 Å². The summed E-state index contributed by atoms with van der Waals surface area (Å²) in [6.07, 6.45) is 0. The summed E-state index contributed by atoms with van der Waals surface area (Å²) in [6.45, 7) is 5.66. The normalized spacial score (nSPS) is 16.8. The van der Waals surface area contributed by atoms with Gasteiger partial charge in [0.2, 0.25) is 0 Å². The number of carbonyl (C=O) groups is 1. The van der Waals surface area contributed by atoms with Gasteiger partial charge in [-0.3, -0.25) is 4.90 Å². The van der Waals surface area contributed by atoms with E-state index in [2.05, 4.69) is 24.0 Å². The van der Waals surface area contributed by atoms with E-state index in [9.17, 15) is 9.90 Å². The molecule has 0 aliphatic carbocycles. The van der Waals surface area contributed by atoms with Gasteiger partial charge in [-0.05, 0) is 35.7 Å². The van der Waals surface area contributed by atoms with E-state index in [0.717, 1.165) is 37.4 Å². The number of carboxylic acids is 1. The summed E-state index contributed by atoms with van der Waals surface area (Å²) in [4.78, 5) is 13.6. The molecule has 0 radical (unpaired) electrons. The zero-order valence-corrected chi connectivity index (χ0v) is 14.3. The largest absolute Gasteiger partial charge is 0.478 e. The molecule has 4 nitrogen and oxygen atoms in total. The molecule has 5 heteroatoms. The summed E-state index contributed by atoms with van der Waals surface area (Å²) in [5.74, 6) is -1.01. The van der Waals surface area contributed by atoms with Gasteiger partial charge < -0.3 is 9.84 Å². The highest BCUT2D eigenvalue weighted by atomic mass is 35.5. The van der Waals surface area contributed by atoms with Crippen molar-refractivity contribution in [1.82, 2.24) is 4.90 Å². The maximum atomic E-state index is 11.2. The third-order valence-corrected chi connectivity index (χ3v) is 4.85. The zero-order chi connectivity index (χ0) is 17.1. The Bertz CT molecular complexity index is 724. The van der Waals surface area contributed by atoms with Gasteiger partial charge in [0.15, 0.2) is 0 Å². The summed E-state index contributed by atoms with van der Waals surface area (Å²) in [5.41, 5.74) is 3.20. The number of carboxylic acid groups (broad SMARTS) is 1. The molecular weight excluding hydrogens is 326 g/mol. The maximum absolute atomic E-state index is 11.2. The third-order valence-electron chi connectivity index (χ3n) is 4.52. The Balaban J connectivity index is 1.81. The van der Waals surface area contributed by atoms with E-state index in [1.807, 2.05) is 18.2 Å². The molecule has 24 heavy (non-hydrogen) atoms. The highest BCUT2D eigenvalue weighted by molar-refractivity contribution is 6.33. The minimum atomic E-state index is -1.01. The number of rotatable bonds is 4. The monoisotopic (exact) mass is 345 g/mol. The lowest BCUT2D eigenvalue weighted by atomic mass is 9.99. The summed E-state index contributed by atoms with van der Waals surface area (Å²) < 4.78 is 5.40. The van der Waals surface area contributed by atoms with Crippen molar-refractivity contribution < 1.29 is 14.6 Å². The van der Waals surface area contributed by atoms with Crippen LogP contribution < -0.4 is 0 Å². The number of halogens is 1. The lowest BCUT2D eigenvalue weighted by molar-refractivity contribution is 0.0198. The molecule has 0 spiro atoms. The average molecular weight is 346 g/mol. The fraction of sp³-hybridized carbons (Fsp3) is 0.316. The van der Waals surface area contributed by atoms with Gasteiger partial charge in [-0.1, -0.05) is 41.9 Å². The molecule has 3 rings (SSSR count). The number of benzene rings is 2. The van der Waals surface area contributed by atoms with Crippen LogP contribution in [-0.2, 0) is 4.74 Å². The second-order valence-corrected chi connectivity index (χ2v) is 6.35. The molecule has 2 aromatic carbocycles. The van der Waals surface area contributed by atoms with Crippen LogP contribution in [-0.4, -0.2) is 42.3 Å². The van der Waals surface area contributed by atoms with Crippen LogP contribution >= 0.6 is 11.6 Å². The first-order chi connectivity index (χ1) is 11.6. The summed E-state index contributed by atoms with van der Waals surface area (Å²) in [5, 5.41) is 9.45. The lowest BCUT2D eigenvalue weighted by Gasteiger charge is -2.32. The van der Waals surface area contributed by atoms with Gasteiger partial charge in [0, 0.05) is 19.1 Å². The van der Waals surface area contributed by atoms with E-state index in [0.29, 0.717) is 6.04 Å². The summed E-state index contributed by atoms with van der Waals surface area (Å²) in [6, 6.07) is 13.7. The Morgan fingerprint density at radius 3 is 2.38 bits per heavy atom. The van der Waals surface area contributed by atoms with Crippen molar-refractivity contribution in [2.45, 2.75) is 13.0 Å². The van der Waals surface area contributed by atoms with Crippen LogP contribution in [0.5, 0.6) is 0 Å². The van der Waals surface area contributed by atoms with Crippen molar-refractivity contribution >= 4 is 17.6 Å². The molecule has 1 N–H and O–H groups in total. The zero-order valence-electron chi connectivity index (χ0n) is 13.5. The van der Waals surface area contributed by atoms with Crippen LogP contribution in [0.1, 0.15) is 28.9 Å². The molecule has 0 aromatic heterocycles. The van der Waals surface area contributed by atoms with Crippen molar-refractivity contribution in [1.29, 1.82) is 0 Å². The molecular formula is C19H20ClNO3. The van der Waals surface area contributed by atoms with Crippen molar-refractivity contribution in [2.24, 2.45) is 0 Å².